The van der Waals surface area contributed by atoms with Crippen LogP contribution in [0.3, 0.4) is 0 Å². The van der Waals surface area contributed by atoms with Gasteiger partial charge in [0.2, 0.25) is 5.75 Å². The lowest BCUT2D eigenvalue weighted by Crippen LogP contribution is -2.26. The average molecular weight is 547 g/mol. The van der Waals surface area contributed by atoms with Crippen molar-refractivity contribution in [2.75, 3.05) is 0 Å². The van der Waals surface area contributed by atoms with E-state index in [-0.39, 0.29) is 11.5 Å². The Morgan fingerprint density at radius 2 is 1.37 bits per heavy atom. The highest BCUT2D eigenvalue weighted by Gasteiger charge is 2.35. The molecule has 9 heteroatoms. The van der Waals surface area contributed by atoms with Crippen LogP contribution in [0.1, 0.15) is 89.0 Å². The molecule has 2 aromatic rings. The minimum Gasteiger partial charge on any atom is -0.454 e. The number of halogens is 7. The van der Waals surface area contributed by atoms with Crippen LogP contribution in [0.15, 0.2) is 24.3 Å². The van der Waals surface area contributed by atoms with Crippen LogP contribution in [0, 0.1) is 41.0 Å². The van der Waals surface area contributed by atoms with Gasteiger partial charge in [0.1, 0.15) is 11.6 Å². The fraction of sp³-hybridized carbons (Fsp3) is 0.586. The molecule has 2 aliphatic carbocycles. The third-order valence-corrected chi connectivity index (χ3v) is 8.21. The third kappa shape index (κ3) is 6.94. The van der Waals surface area contributed by atoms with Crippen molar-refractivity contribution in [1.82, 2.24) is 0 Å². The van der Waals surface area contributed by atoms with E-state index in [0.29, 0.717) is 36.8 Å². The first-order valence-corrected chi connectivity index (χ1v) is 13.5. The van der Waals surface area contributed by atoms with Crippen molar-refractivity contribution in [3.05, 3.63) is 53.1 Å². The van der Waals surface area contributed by atoms with Crippen molar-refractivity contribution in [2.45, 2.75) is 89.8 Å². The molecular weight excluding hydrogens is 513 g/mol. The van der Waals surface area contributed by atoms with Crippen LogP contribution >= 0.6 is 0 Å². The lowest BCUT2D eigenvalue weighted by molar-refractivity contribution is -0.276. The molecule has 2 saturated carbocycles. The van der Waals surface area contributed by atoms with Gasteiger partial charge in [0.05, 0.1) is 0 Å². The standard InChI is InChI=1S/C29H33F7O2/c1-2-3-4-17-5-7-18(8-6-17)19-9-11-20(12-10-19)26-22(30)13-14-25(27(26)33)37-21-15-23(31)28(24(32)16-21)38-29(34,35)36/h13-20H,2-12H2,1H3. The average Bonchev–Trinajstić information content (AvgIpc) is 2.87. The lowest BCUT2D eigenvalue weighted by Gasteiger charge is -2.38. The first kappa shape index (κ1) is 28.6. The summed E-state index contributed by atoms with van der Waals surface area (Å²) in [5.41, 5.74) is -0.123. The van der Waals surface area contributed by atoms with E-state index in [4.69, 9.17) is 4.74 Å². The number of hydrogen-bond acceptors (Lipinski definition) is 2. The van der Waals surface area contributed by atoms with Crippen LogP contribution in [0.5, 0.6) is 17.2 Å². The molecule has 0 spiro atoms. The molecule has 0 atom stereocenters. The van der Waals surface area contributed by atoms with Gasteiger partial charge in [-0.25, -0.2) is 17.6 Å². The number of alkyl halides is 3. The van der Waals surface area contributed by atoms with Crippen LogP contribution in [-0.2, 0) is 0 Å². The predicted molar refractivity (Wildman–Crippen MR) is 129 cm³/mol. The maximum absolute atomic E-state index is 15.4. The lowest BCUT2D eigenvalue weighted by atomic mass is 9.68. The van der Waals surface area contributed by atoms with Gasteiger partial charge in [-0.2, -0.15) is 0 Å². The second kappa shape index (κ2) is 12.2. The summed E-state index contributed by atoms with van der Waals surface area (Å²) in [6.45, 7) is 2.21. The highest BCUT2D eigenvalue weighted by atomic mass is 19.4. The van der Waals surface area contributed by atoms with Gasteiger partial charge in [0, 0.05) is 17.7 Å². The SMILES string of the molecule is CCCCC1CCC(C2CCC(c3c(F)ccc(Oc4cc(F)c(OC(F)(F)F)c(F)c4)c3F)CC2)CC1. The van der Waals surface area contributed by atoms with Crippen molar-refractivity contribution >= 4 is 0 Å². The van der Waals surface area contributed by atoms with Gasteiger partial charge in [-0.15, -0.1) is 13.2 Å². The molecule has 0 heterocycles. The molecule has 4 rings (SSSR count). The van der Waals surface area contributed by atoms with E-state index in [2.05, 4.69) is 11.7 Å². The van der Waals surface area contributed by atoms with Crippen molar-refractivity contribution in [3.63, 3.8) is 0 Å². The molecular formula is C29H33F7O2. The zero-order valence-corrected chi connectivity index (χ0v) is 21.4. The number of ether oxygens (including phenoxy) is 2. The highest BCUT2D eigenvalue weighted by Crippen LogP contribution is 2.46. The molecule has 2 aliphatic rings. The second-order valence-electron chi connectivity index (χ2n) is 10.7. The molecule has 0 N–H and O–H groups in total. The molecule has 0 saturated heterocycles. The summed E-state index contributed by atoms with van der Waals surface area (Å²) in [6.07, 6.45) is 6.50. The largest absolute Gasteiger partial charge is 0.573 e. The Balaban J connectivity index is 1.41. The molecule has 0 unspecified atom stereocenters. The minimum atomic E-state index is -5.30. The molecule has 0 radical (unpaired) electrons. The van der Waals surface area contributed by atoms with Crippen molar-refractivity contribution in [1.29, 1.82) is 0 Å². The summed E-state index contributed by atoms with van der Waals surface area (Å²) in [5, 5.41) is 0. The minimum absolute atomic E-state index is 0.123. The highest BCUT2D eigenvalue weighted by molar-refractivity contribution is 5.41. The monoisotopic (exact) mass is 546 g/mol. The van der Waals surface area contributed by atoms with Crippen LogP contribution in [0.25, 0.3) is 0 Å². The van der Waals surface area contributed by atoms with E-state index in [1.165, 1.54) is 44.9 Å². The smallest absolute Gasteiger partial charge is 0.454 e. The van der Waals surface area contributed by atoms with Crippen molar-refractivity contribution < 1.29 is 40.2 Å². The Morgan fingerprint density at radius 3 is 1.92 bits per heavy atom. The molecule has 2 nitrogen and oxygen atoms in total. The van der Waals surface area contributed by atoms with E-state index >= 15 is 4.39 Å². The summed E-state index contributed by atoms with van der Waals surface area (Å²) >= 11 is 0. The quantitative estimate of drug-likeness (QED) is 0.307. The molecule has 0 amide bonds. The van der Waals surface area contributed by atoms with Gasteiger partial charge in [0.25, 0.3) is 0 Å². The summed E-state index contributed by atoms with van der Waals surface area (Å²) in [4.78, 5) is 0. The van der Waals surface area contributed by atoms with E-state index in [1.807, 2.05) is 0 Å². The van der Waals surface area contributed by atoms with Gasteiger partial charge < -0.3 is 9.47 Å². The van der Waals surface area contributed by atoms with Gasteiger partial charge in [0.15, 0.2) is 23.2 Å². The van der Waals surface area contributed by atoms with Crippen molar-refractivity contribution in [2.24, 2.45) is 17.8 Å². The molecule has 0 aromatic heterocycles. The summed E-state index contributed by atoms with van der Waals surface area (Å²) in [5.74, 6) is -6.04. The zero-order chi connectivity index (χ0) is 27.4. The van der Waals surface area contributed by atoms with Crippen LogP contribution in [0.4, 0.5) is 30.7 Å². The Labute approximate surface area is 218 Å². The normalized spacial score (nSPS) is 24.3. The number of rotatable bonds is 8. The number of hydrogen-bond donors (Lipinski definition) is 0. The zero-order valence-electron chi connectivity index (χ0n) is 21.4. The number of unbranched alkanes of at least 4 members (excludes halogenated alkanes) is 1. The van der Waals surface area contributed by atoms with Crippen molar-refractivity contribution in [3.8, 4) is 17.2 Å². The summed E-state index contributed by atoms with van der Waals surface area (Å²) < 4.78 is 104. The first-order chi connectivity index (χ1) is 18.1. The third-order valence-electron chi connectivity index (χ3n) is 8.21. The van der Waals surface area contributed by atoms with E-state index in [1.54, 1.807) is 0 Å². The maximum atomic E-state index is 15.4. The fourth-order valence-electron chi connectivity index (χ4n) is 6.26. The number of benzene rings is 2. The Morgan fingerprint density at radius 1 is 0.789 bits per heavy atom. The van der Waals surface area contributed by atoms with Crippen LogP contribution in [-0.4, -0.2) is 6.36 Å². The molecule has 38 heavy (non-hydrogen) atoms. The summed E-state index contributed by atoms with van der Waals surface area (Å²) in [6, 6.07) is 2.93. The Hall–Kier alpha value is -2.45. The maximum Gasteiger partial charge on any atom is 0.573 e. The van der Waals surface area contributed by atoms with E-state index in [0.717, 1.165) is 30.9 Å². The molecule has 2 aromatic carbocycles. The second-order valence-corrected chi connectivity index (χ2v) is 10.7. The Bertz CT molecular complexity index is 1060. The van der Waals surface area contributed by atoms with Gasteiger partial charge in [-0.3, -0.25) is 0 Å². The molecule has 210 valence electrons. The van der Waals surface area contributed by atoms with Gasteiger partial charge in [-0.05, 0) is 74.3 Å². The van der Waals surface area contributed by atoms with E-state index < -0.39 is 46.9 Å². The van der Waals surface area contributed by atoms with Crippen LogP contribution in [0.2, 0.25) is 0 Å². The Kier molecular flexibility index (Phi) is 9.14. The first-order valence-electron chi connectivity index (χ1n) is 13.5. The molecule has 0 aliphatic heterocycles. The topological polar surface area (TPSA) is 18.5 Å². The molecule has 2 fully saturated rings. The fourth-order valence-corrected chi connectivity index (χ4v) is 6.26. The van der Waals surface area contributed by atoms with Crippen LogP contribution < -0.4 is 9.47 Å². The van der Waals surface area contributed by atoms with E-state index in [9.17, 15) is 26.3 Å². The predicted octanol–water partition coefficient (Wildman–Crippen LogP) is 10.2. The van der Waals surface area contributed by atoms with Gasteiger partial charge in [-0.1, -0.05) is 39.0 Å². The summed E-state index contributed by atoms with van der Waals surface area (Å²) in [7, 11) is 0. The van der Waals surface area contributed by atoms with Gasteiger partial charge >= 0.3 is 6.36 Å². The molecule has 0 bridgehead atoms.